The second-order valence-corrected chi connectivity index (χ2v) is 9.13. The van der Waals surface area contributed by atoms with Crippen LogP contribution < -0.4 is 0 Å². The average Bonchev–Trinajstić information content (AvgIpc) is 3.27. The van der Waals surface area contributed by atoms with Crippen molar-refractivity contribution in [2.75, 3.05) is 0 Å². The van der Waals surface area contributed by atoms with Crippen molar-refractivity contribution in [2.24, 2.45) is 0 Å². The molecule has 2 aliphatic rings. The first kappa shape index (κ1) is 20.2. The van der Waals surface area contributed by atoms with Gasteiger partial charge in [-0.25, -0.2) is 4.79 Å². The number of carboxylic acid groups (broad SMARTS) is 1. The van der Waals surface area contributed by atoms with Gasteiger partial charge in [0.25, 0.3) is 5.91 Å². The number of hydrogen-bond donors (Lipinski definition) is 1. The second-order valence-electron chi connectivity index (χ2n) is 7.05. The maximum atomic E-state index is 12.9. The molecule has 0 unspecified atom stereocenters. The van der Waals surface area contributed by atoms with Gasteiger partial charge < -0.3 is 9.52 Å². The molecular weight excluding hydrogens is 430 g/mol. The lowest BCUT2D eigenvalue weighted by Crippen LogP contribution is -2.39. The molecule has 1 N–H and O–H groups in total. The molecule has 2 fully saturated rings. The number of thioether (sulfide) groups is 1. The molecule has 1 aliphatic heterocycles. The van der Waals surface area contributed by atoms with Crippen molar-refractivity contribution in [1.82, 2.24) is 4.90 Å². The van der Waals surface area contributed by atoms with Crippen LogP contribution in [0.3, 0.4) is 0 Å². The lowest BCUT2D eigenvalue weighted by Gasteiger charge is -2.29. The minimum Gasteiger partial charge on any atom is -0.478 e. The normalized spacial score (nSPS) is 19.3. The molecule has 1 saturated heterocycles. The Balaban J connectivity index is 1.55. The molecular formula is C21H18ClNO4S2. The number of benzene rings is 1. The van der Waals surface area contributed by atoms with Crippen LogP contribution in [-0.4, -0.2) is 32.2 Å². The molecule has 29 heavy (non-hydrogen) atoms. The van der Waals surface area contributed by atoms with Gasteiger partial charge in [0.1, 0.15) is 15.8 Å². The number of halogens is 1. The smallest absolute Gasteiger partial charge is 0.337 e. The van der Waals surface area contributed by atoms with Gasteiger partial charge in [0.05, 0.1) is 15.5 Å². The number of nitrogens with zero attached hydrogens (tertiary/aromatic N) is 1. The summed E-state index contributed by atoms with van der Waals surface area (Å²) in [5, 5.41) is 9.23. The number of furan rings is 1. The Morgan fingerprint density at radius 1 is 1.24 bits per heavy atom. The van der Waals surface area contributed by atoms with E-state index >= 15 is 0 Å². The minimum atomic E-state index is -1.08. The summed E-state index contributed by atoms with van der Waals surface area (Å²) in [6.07, 6.45) is 7.18. The first-order chi connectivity index (χ1) is 13.9. The zero-order chi connectivity index (χ0) is 20.5. The molecule has 1 aromatic carbocycles. The van der Waals surface area contributed by atoms with Crippen LogP contribution in [0.1, 0.15) is 48.2 Å². The van der Waals surface area contributed by atoms with Gasteiger partial charge in [-0.3, -0.25) is 9.69 Å². The van der Waals surface area contributed by atoms with Crippen LogP contribution in [-0.2, 0) is 4.79 Å². The predicted octanol–water partition coefficient (Wildman–Crippen LogP) is 5.83. The van der Waals surface area contributed by atoms with Crippen LogP contribution in [0.15, 0.2) is 39.7 Å². The van der Waals surface area contributed by atoms with Crippen LogP contribution in [0.5, 0.6) is 0 Å². The monoisotopic (exact) mass is 447 g/mol. The molecule has 0 radical (unpaired) electrons. The van der Waals surface area contributed by atoms with Crippen molar-refractivity contribution in [1.29, 1.82) is 0 Å². The summed E-state index contributed by atoms with van der Waals surface area (Å²) < 4.78 is 6.45. The second kappa shape index (κ2) is 8.34. The van der Waals surface area contributed by atoms with E-state index in [4.69, 9.17) is 33.3 Å². The fourth-order valence-electron chi connectivity index (χ4n) is 3.69. The molecule has 0 spiro atoms. The first-order valence-electron chi connectivity index (χ1n) is 9.34. The molecule has 1 amide bonds. The van der Waals surface area contributed by atoms with E-state index in [1.54, 1.807) is 35.2 Å². The predicted molar refractivity (Wildman–Crippen MR) is 118 cm³/mol. The highest BCUT2D eigenvalue weighted by Crippen LogP contribution is 2.38. The number of carboxylic acids is 1. The maximum absolute atomic E-state index is 12.9. The number of amides is 1. The Morgan fingerprint density at radius 3 is 2.69 bits per heavy atom. The van der Waals surface area contributed by atoms with Crippen molar-refractivity contribution < 1.29 is 19.1 Å². The zero-order valence-corrected chi connectivity index (χ0v) is 17.8. The Labute approximate surface area is 182 Å². The summed E-state index contributed by atoms with van der Waals surface area (Å²) in [4.78, 5) is 26.3. The summed E-state index contributed by atoms with van der Waals surface area (Å²) in [5.41, 5.74) is 0.697. The van der Waals surface area contributed by atoms with Gasteiger partial charge >= 0.3 is 5.97 Å². The Bertz CT molecular complexity index is 1020. The summed E-state index contributed by atoms with van der Waals surface area (Å²) >= 11 is 12.8. The SMILES string of the molecule is O=C(O)c1ccc(-c2ccc(/C=C3/SC(=S)N(C4CCCCC4)C3=O)o2)cc1Cl. The zero-order valence-electron chi connectivity index (χ0n) is 15.4. The van der Waals surface area contributed by atoms with Gasteiger partial charge in [-0.2, -0.15) is 0 Å². The van der Waals surface area contributed by atoms with Crippen LogP contribution in [0.4, 0.5) is 0 Å². The molecule has 1 aromatic heterocycles. The van der Waals surface area contributed by atoms with Gasteiger partial charge in [0.15, 0.2) is 0 Å². The number of aromatic carboxylic acids is 1. The average molecular weight is 448 g/mol. The van der Waals surface area contributed by atoms with Gasteiger partial charge in [0.2, 0.25) is 0 Å². The standard InChI is InChI=1S/C21H18ClNO4S2/c22-16-10-12(6-8-15(16)20(25)26)17-9-7-14(27-17)11-18-19(24)23(21(28)29-18)13-4-2-1-3-5-13/h6-11,13H,1-5H2,(H,25,26)/b18-11+. The van der Waals surface area contributed by atoms with E-state index in [1.807, 2.05) is 0 Å². The Morgan fingerprint density at radius 2 is 2.00 bits per heavy atom. The molecule has 5 nitrogen and oxygen atoms in total. The largest absolute Gasteiger partial charge is 0.478 e. The van der Waals surface area contributed by atoms with Crippen LogP contribution in [0.2, 0.25) is 5.02 Å². The topological polar surface area (TPSA) is 70.8 Å². The van der Waals surface area contributed by atoms with E-state index in [9.17, 15) is 9.59 Å². The van der Waals surface area contributed by atoms with E-state index < -0.39 is 5.97 Å². The van der Waals surface area contributed by atoms with Gasteiger partial charge in [-0.15, -0.1) is 0 Å². The lowest BCUT2D eigenvalue weighted by atomic mass is 9.94. The van der Waals surface area contributed by atoms with Crippen molar-refractivity contribution in [2.45, 2.75) is 38.1 Å². The summed E-state index contributed by atoms with van der Waals surface area (Å²) in [5.74, 6) is -0.0687. The fraction of sp³-hybridized carbons (Fsp3) is 0.286. The molecule has 2 aromatic rings. The van der Waals surface area contributed by atoms with Gasteiger partial charge in [-0.1, -0.05) is 60.9 Å². The molecule has 0 atom stereocenters. The van der Waals surface area contributed by atoms with Crippen molar-refractivity contribution in [3.05, 3.63) is 51.6 Å². The number of thiocarbonyl (C=S) groups is 1. The Hall–Kier alpha value is -2.09. The highest BCUT2D eigenvalue weighted by molar-refractivity contribution is 8.26. The first-order valence-corrected chi connectivity index (χ1v) is 10.9. The van der Waals surface area contributed by atoms with Crippen LogP contribution >= 0.6 is 35.6 Å². The molecule has 1 saturated carbocycles. The third-order valence-electron chi connectivity index (χ3n) is 5.15. The van der Waals surface area contributed by atoms with Crippen molar-refractivity contribution in [3.63, 3.8) is 0 Å². The van der Waals surface area contributed by atoms with E-state index in [-0.39, 0.29) is 22.5 Å². The van der Waals surface area contributed by atoms with E-state index in [2.05, 4.69) is 0 Å². The number of rotatable bonds is 4. The van der Waals surface area contributed by atoms with E-state index in [0.717, 1.165) is 25.7 Å². The molecule has 0 bridgehead atoms. The highest BCUT2D eigenvalue weighted by atomic mass is 35.5. The van der Waals surface area contributed by atoms with Crippen LogP contribution in [0.25, 0.3) is 17.4 Å². The quantitative estimate of drug-likeness (QED) is 0.469. The minimum absolute atomic E-state index is 0.0357. The van der Waals surface area contributed by atoms with Crippen molar-refractivity contribution >= 4 is 57.9 Å². The number of hydrogen-bond acceptors (Lipinski definition) is 5. The van der Waals surface area contributed by atoms with Gasteiger partial charge in [0, 0.05) is 17.7 Å². The highest BCUT2D eigenvalue weighted by Gasteiger charge is 2.37. The van der Waals surface area contributed by atoms with Gasteiger partial charge in [-0.05, 0) is 37.1 Å². The fourth-order valence-corrected chi connectivity index (χ4v) is 5.33. The molecule has 1 aliphatic carbocycles. The third kappa shape index (κ3) is 4.13. The Kier molecular flexibility index (Phi) is 5.81. The summed E-state index contributed by atoms with van der Waals surface area (Å²) in [7, 11) is 0. The lowest BCUT2D eigenvalue weighted by molar-refractivity contribution is -0.124. The van der Waals surface area contributed by atoms with E-state index in [1.165, 1.54) is 24.2 Å². The molecule has 8 heteroatoms. The number of carbonyl (C=O) groups excluding carboxylic acids is 1. The third-order valence-corrected chi connectivity index (χ3v) is 6.79. The molecule has 150 valence electrons. The van der Waals surface area contributed by atoms with E-state index in [0.29, 0.717) is 26.3 Å². The molecule has 2 heterocycles. The van der Waals surface area contributed by atoms with Crippen molar-refractivity contribution in [3.8, 4) is 11.3 Å². The summed E-state index contributed by atoms with van der Waals surface area (Å²) in [6.45, 7) is 0. The summed E-state index contributed by atoms with van der Waals surface area (Å²) in [6, 6.07) is 8.36. The maximum Gasteiger partial charge on any atom is 0.337 e. The number of carbonyl (C=O) groups is 2. The van der Waals surface area contributed by atoms with Crippen LogP contribution in [0, 0.1) is 0 Å². The molecule has 4 rings (SSSR count).